The quantitative estimate of drug-likeness (QED) is 0.762. The normalized spacial score (nSPS) is 26.4. The van der Waals surface area contributed by atoms with Crippen molar-refractivity contribution in [3.05, 3.63) is 0 Å². The molecule has 5 nitrogen and oxygen atoms in total. The van der Waals surface area contributed by atoms with E-state index in [4.69, 9.17) is 5.73 Å². The molecule has 2 atom stereocenters. The average molecular weight is 353 g/mol. The van der Waals surface area contributed by atoms with Crippen LogP contribution >= 0.6 is 12.4 Å². The predicted molar refractivity (Wildman–Crippen MR) is 90.9 cm³/mol. The van der Waals surface area contributed by atoms with E-state index in [1.165, 1.54) is 6.42 Å². The second-order valence-corrected chi connectivity index (χ2v) is 8.88. The Morgan fingerprint density at radius 3 is 2.27 bits per heavy atom. The molecule has 1 amide bonds. The van der Waals surface area contributed by atoms with Crippen LogP contribution in [-0.2, 0) is 14.6 Å². The number of rotatable bonds is 6. The number of carbonyl (C=O) groups excluding carboxylic acids is 1. The van der Waals surface area contributed by atoms with Crippen molar-refractivity contribution in [2.45, 2.75) is 69.1 Å². The van der Waals surface area contributed by atoms with Crippen molar-refractivity contribution in [3.63, 3.8) is 0 Å². The summed E-state index contributed by atoms with van der Waals surface area (Å²) >= 11 is 0. The topological polar surface area (TPSA) is 89.3 Å². The molecule has 2 rings (SSSR count). The second kappa shape index (κ2) is 9.08. The molecule has 0 aromatic heterocycles. The number of halogens is 1. The molecule has 2 saturated carbocycles. The summed E-state index contributed by atoms with van der Waals surface area (Å²) in [5.74, 6) is 0.194. The lowest BCUT2D eigenvalue weighted by Crippen LogP contribution is -2.45. The monoisotopic (exact) mass is 352 g/mol. The van der Waals surface area contributed by atoms with Crippen LogP contribution in [0.25, 0.3) is 0 Å². The fourth-order valence-electron chi connectivity index (χ4n) is 3.61. The van der Waals surface area contributed by atoms with Crippen LogP contribution in [-0.4, -0.2) is 37.9 Å². The predicted octanol–water partition coefficient (Wildman–Crippen LogP) is 1.79. The maximum atomic E-state index is 12.1. The highest BCUT2D eigenvalue weighted by Gasteiger charge is 2.30. The van der Waals surface area contributed by atoms with Gasteiger partial charge in [-0.2, -0.15) is 0 Å². The van der Waals surface area contributed by atoms with Crippen molar-refractivity contribution in [3.8, 4) is 0 Å². The first-order valence-corrected chi connectivity index (χ1v) is 9.95. The Bertz CT molecular complexity index is 450. The highest BCUT2D eigenvalue weighted by atomic mass is 35.5. The Hall–Kier alpha value is -0.330. The Morgan fingerprint density at radius 2 is 1.64 bits per heavy atom. The highest BCUT2D eigenvalue weighted by Crippen LogP contribution is 2.26. The van der Waals surface area contributed by atoms with Gasteiger partial charge in [-0.25, -0.2) is 8.42 Å². The number of nitrogens with two attached hydrogens (primary N) is 1. The molecule has 0 radical (unpaired) electrons. The summed E-state index contributed by atoms with van der Waals surface area (Å²) in [4.78, 5) is 12.0. The fourth-order valence-corrected chi connectivity index (χ4v) is 5.46. The third-order valence-corrected chi connectivity index (χ3v) is 7.24. The van der Waals surface area contributed by atoms with Crippen LogP contribution < -0.4 is 11.1 Å². The first-order chi connectivity index (χ1) is 10.0. The molecule has 2 aliphatic carbocycles. The minimum absolute atomic E-state index is 0. The summed E-state index contributed by atoms with van der Waals surface area (Å²) in [6, 6.07) is 0.130. The van der Waals surface area contributed by atoms with E-state index < -0.39 is 9.84 Å². The molecule has 0 aliphatic heterocycles. The summed E-state index contributed by atoms with van der Waals surface area (Å²) < 4.78 is 24.3. The zero-order valence-corrected chi connectivity index (χ0v) is 14.8. The van der Waals surface area contributed by atoms with Crippen molar-refractivity contribution in [1.29, 1.82) is 0 Å². The van der Waals surface area contributed by atoms with Crippen molar-refractivity contribution >= 4 is 28.2 Å². The molecule has 2 fully saturated rings. The molecule has 0 heterocycles. The lowest BCUT2D eigenvalue weighted by molar-refractivity contribution is -0.122. The van der Waals surface area contributed by atoms with Crippen LogP contribution in [0.5, 0.6) is 0 Å². The zero-order chi connectivity index (χ0) is 15.3. The van der Waals surface area contributed by atoms with Gasteiger partial charge in [0, 0.05) is 12.5 Å². The van der Waals surface area contributed by atoms with Gasteiger partial charge in [-0.3, -0.25) is 4.79 Å². The van der Waals surface area contributed by atoms with Crippen LogP contribution in [0.3, 0.4) is 0 Å². The van der Waals surface area contributed by atoms with Gasteiger partial charge in [0.15, 0.2) is 9.84 Å². The van der Waals surface area contributed by atoms with Crippen molar-refractivity contribution in [2.75, 3.05) is 12.3 Å². The molecule has 0 spiro atoms. The number of hydrogen-bond donors (Lipinski definition) is 2. The van der Waals surface area contributed by atoms with Gasteiger partial charge in [-0.05, 0) is 38.1 Å². The Kier molecular flexibility index (Phi) is 8.14. The number of amides is 1. The molecule has 130 valence electrons. The van der Waals surface area contributed by atoms with Gasteiger partial charge in [0.2, 0.25) is 5.91 Å². The molecule has 0 aromatic rings. The van der Waals surface area contributed by atoms with Crippen molar-refractivity contribution in [2.24, 2.45) is 11.7 Å². The summed E-state index contributed by atoms with van der Waals surface area (Å²) in [6.45, 7) is 0.589. The van der Waals surface area contributed by atoms with E-state index in [1.54, 1.807) is 0 Å². The largest absolute Gasteiger partial charge is 0.353 e. The molecule has 2 unspecified atom stereocenters. The zero-order valence-electron chi connectivity index (χ0n) is 13.1. The Morgan fingerprint density at radius 1 is 1.05 bits per heavy atom. The SMILES string of the molecule is Cl.NCC1CCCCC1NC(=O)CCS(=O)(=O)C1CCCC1. The first kappa shape index (κ1) is 19.7. The molecular formula is C15H29ClN2O3S. The van der Waals surface area contributed by atoms with Crippen LogP contribution in [0.1, 0.15) is 57.8 Å². The number of nitrogens with one attached hydrogen (secondary N) is 1. The minimum atomic E-state index is -3.10. The molecule has 0 aromatic carbocycles. The number of hydrogen-bond acceptors (Lipinski definition) is 4. The molecular weight excluding hydrogens is 324 g/mol. The van der Waals surface area contributed by atoms with Crippen molar-refractivity contribution in [1.82, 2.24) is 5.32 Å². The Labute approximate surface area is 140 Å². The lowest BCUT2D eigenvalue weighted by Gasteiger charge is -2.31. The number of carbonyl (C=O) groups is 1. The van der Waals surface area contributed by atoms with Gasteiger partial charge in [-0.1, -0.05) is 25.7 Å². The van der Waals surface area contributed by atoms with Gasteiger partial charge < -0.3 is 11.1 Å². The molecule has 22 heavy (non-hydrogen) atoms. The average Bonchev–Trinajstić information content (AvgIpc) is 3.01. The van der Waals surface area contributed by atoms with E-state index in [2.05, 4.69) is 5.32 Å². The smallest absolute Gasteiger partial charge is 0.221 e. The van der Waals surface area contributed by atoms with E-state index in [1.807, 2.05) is 0 Å². The lowest BCUT2D eigenvalue weighted by atomic mass is 9.84. The highest BCUT2D eigenvalue weighted by molar-refractivity contribution is 7.92. The summed E-state index contributed by atoms with van der Waals surface area (Å²) in [5, 5.41) is 2.79. The maximum absolute atomic E-state index is 12.1. The van der Waals surface area contributed by atoms with E-state index in [-0.39, 0.29) is 41.8 Å². The van der Waals surface area contributed by atoms with Crippen molar-refractivity contribution < 1.29 is 13.2 Å². The molecule has 0 bridgehead atoms. The van der Waals surface area contributed by atoms with E-state index >= 15 is 0 Å². The standard InChI is InChI=1S/C15H28N2O3S.ClH/c16-11-12-5-1-4-8-14(12)17-15(18)9-10-21(19,20)13-6-2-3-7-13;/h12-14H,1-11,16H2,(H,17,18);1H. The fraction of sp³-hybridized carbons (Fsp3) is 0.933. The third-order valence-electron chi connectivity index (χ3n) is 4.98. The van der Waals surface area contributed by atoms with Gasteiger partial charge in [0.1, 0.15) is 0 Å². The second-order valence-electron chi connectivity index (χ2n) is 6.48. The van der Waals surface area contributed by atoms with Gasteiger partial charge in [0.25, 0.3) is 0 Å². The van der Waals surface area contributed by atoms with Crippen LogP contribution in [0.15, 0.2) is 0 Å². The number of sulfone groups is 1. The van der Waals surface area contributed by atoms with E-state index in [9.17, 15) is 13.2 Å². The maximum Gasteiger partial charge on any atom is 0.221 e. The molecule has 2 aliphatic rings. The Balaban J connectivity index is 0.00000242. The van der Waals surface area contributed by atoms with E-state index in [0.717, 1.165) is 44.9 Å². The minimum Gasteiger partial charge on any atom is -0.353 e. The van der Waals surface area contributed by atoms with Crippen LogP contribution in [0, 0.1) is 5.92 Å². The molecule has 3 N–H and O–H groups in total. The summed E-state index contributed by atoms with van der Waals surface area (Å²) in [6.07, 6.45) is 7.92. The van der Waals surface area contributed by atoms with Crippen LogP contribution in [0.4, 0.5) is 0 Å². The van der Waals surface area contributed by atoms with Crippen LogP contribution in [0.2, 0.25) is 0 Å². The molecule has 7 heteroatoms. The van der Waals surface area contributed by atoms with E-state index in [0.29, 0.717) is 12.5 Å². The van der Waals surface area contributed by atoms with Gasteiger partial charge in [-0.15, -0.1) is 12.4 Å². The summed E-state index contributed by atoms with van der Waals surface area (Å²) in [5.41, 5.74) is 5.75. The third kappa shape index (κ3) is 5.39. The first-order valence-electron chi connectivity index (χ1n) is 8.24. The summed E-state index contributed by atoms with van der Waals surface area (Å²) in [7, 11) is -3.10. The van der Waals surface area contributed by atoms with Gasteiger partial charge >= 0.3 is 0 Å². The van der Waals surface area contributed by atoms with Gasteiger partial charge in [0.05, 0.1) is 11.0 Å². The molecule has 0 saturated heterocycles.